The van der Waals surface area contributed by atoms with Crippen LogP contribution in [0.2, 0.25) is 0 Å². The number of aryl methyl sites for hydroxylation is 1. The number of carbonyl (C=O) groups is 2. The van der Waals surface area contributed by atoms with E-state index in [4.69, 9.17) is 0 Å². The quantitative estimate of drug-likeness (QED) is 0.531. The van der Waals surface area contributed by atoms with E-state index in [0.717, 1.165) is 16.1 Å². The number of halogens is 1. The molecule has 7 nitrogen and oxygen atoms in total. The van der Waals surface area contributed by atoms with Gasteiger partial charge in [0.2, 0.25) is 21.8 Å². The molecule has 35 heavy (non-hydrogen) atoms. The Bertz CT molecular complexity index is 1130. The number of sulfonamides is 1. The Morgan fingerprint density at radius 3 is 2.14 bits per heavy atom. The first-order chi connectivity index (χ1) is 16.3. The molecule has 0 unspecified atom stereocenters. The van der Waals surface area contributed by atoms with Crippen LogP contribution in [-0.2, 0) is 32.6 Å². The number of hydrogen-bond donors (Lipinski definition) is 1. The van der Waals surface area contributed by atoms with Gasteiger partial charge in [-0.2, -0.15) is 0 Å². The lowest BCUT2D eigenvalue weighted by molar-refractivity contribution is -0.141. The molecular formula is C26H36FN3O4S. The van der Waals surface area contributed by atoms with Crippen molar-refractivity contribution < 1.29 is 22.4 Å². The summed E-state index contributed by atoms with van der Waals surface area (Å²) in [7, 11) is -3.80. The molecule has 1 atom stereocenters. The summed E-state index contributed by atoms with van der Waals surface area (Å²) in [6.45, 7) is 8.80. The molecule has 2 amide bonds. The molecule has 0 aliphatic carbocycles. The van der Waals surface area contributed by atoms with Crippen LogP contribution in [0.1, 0.15) is 52.2 Å². The molecule has 0 aromatic heterocycles. The number of amides is 2. The molecule has 2 rings (SSSR count). The van der Waals surface area contributed by atoms with Gasteiger partial charge in [-0.15, -0.1) is 0 Å². The minimum absolute atomic E-state index is 0.0300. The summed E-state index contributed by atoms with van der Waals surface area (Å²) in [4.78, 5) is 28.2. The molecule has 9 heteroatoms. The van der Waals surface area contributed by atoms with E-state index in [-0.39, 0.29) is 12.5 Å². The summed E-state index contributed by atoms with van der Waals surface area (Å²) in [5, 5.41) is 2.91. The monoisotopic (exact) mass is 505 g/mol. The van der Waals surface area contributed by atoms with Gasteiger partial charge in [-0.05, 0) is 62.9 Å². The van der Waals surface area contributed by atoms with Crippen LogP contribution < -0.4 is 9.62 Å². The zero-order valence-corrected chi connectivity index (χ0v) is 22.2. The first-order valence-corrected chi connectivity index (χ1v) is 13.5. The average Bonchev–Trinajstić information content (AvgIpc) is 2.76. The third-order valence-corrected chi connectivity index (χ3v) is 6.60. The van der Waals surface area contributed by atoms with Crippen LogP contribution in [0.5, 0.6) is 0 Å². The van der Waals surface area contributed by atoms with Gasteiger partial charge in [0.15, 0.2) is 0 Å². The fraction of sp³-hybridized carbons (Fsp3) is 0.462. The van der Waals surface area contributed by atoms with Crippen molar-refractivity contribution in [3.05, 3.63) is 65.5 Å². The molecule has 0 fully saturated rings. The lowest BCUT2D eigenvalue weighted by Crippen LogP contribution is -2.55. The second-order valence-electron chi connectivity index (χ2n) is 9.56. The highest BCUT2D eigenvalue weighted by atomic mass is 32.2. The Labute approximate surface area is 208 Å². The maximum Gasteiger partial charge on any atom is 0.244 e. The van der Waals surface area contributed by atoms with Crippen molar-refractivity contribution in [2.45, 2.75) is 65.6 Å². The lowest BCUT2D eigenvalue weighted by Gasteiger charge is -2.34. The lowest BCUT2D eigenvalue weighted by atomic mass is 10.1. The largest absolute Gasteiger partial charge is 0.350 e. The second-order valence-corrected chi connectivity index (χ2v) is 11.5. The van der Waals surface area contributed by atoms with Gasteiger partial charge in [-0.3, -0.25) is 13.9 Å². The molecule has 0 spiro atoms. The molecule has 0 saturated carbocycles. The molecule has 192 valence electrons. The maximum atomic E-state index is 13.7. The van der Waals surface area contributed by atoms with Gasteiger partial charge in [0, 0.05) is 12.1 Å². The standard InChI is InChI=1S/C26H36FN3O4S/c1-7-20-11-9-10-12-23(20)30(35(6,33)34)18-24(31)29(17-19-13-15-21(27)16-14-19)22(8-2)25(32)28-26(3,4)5/h9-16,22H,7-8,17-18H2,1-6H3,(H,28,32)/t22-/m0/s1. The number of hydrogen-bond acceptors (Lipinski definition) is 4. The molecule has 1 N–H and O–H groups in total. The van der Waals surface area contributed by atoms with Gasteiger partial charge in [0.1, 0.15) is 18.4 Å². The first-order valence-electron chi connectivity index (χ1n) is 11.7. The SMILES string of the molecule is CCc1ccccc1N(CC(=O)N(Cc1ccc(F)cc1)[C@@H](CC)C(=O)NC(C)(C)C)S(C)(=O)=O. The van der Waals surface area contributed by atoms with Crippen LogP contribution in [0.25, 0.3) is 0 Å². The van der Waals surface area contributed by atoms with E-state index in [9.17, 15) is 22.4 Å². The van der Waals surface area contributed by atoms with Crippen molar-refractivity contribution in [3.63, 3.8) is 0 Å². The minimum atomic E-state index is -3.80. The molecule has 0 heterocycles. The molecule has 0 aliphatic rings. The van der Waals surface area contributed by atoms with Crippen molar-refractivity contribution >= 4 is 27.5 Å². The first kappa shape index (κ1) is 28.3. The second kappa shape index (κ2) is 11.7. The van der Waals surface area contributed by atoms with Gasteiger partial charge in [-0.1, -0.05) is 44.2 Å². The Kier molecular flexibility index (Phi) is 9.43. The van der Waals surface area contributed by atoms with Crippen LogP contribution in [0.15, 0.2) is 48.5 Å². The number of para-hydroxylation sites is 1. The Balaban J connectivity index is 2.48. The molecule has 0 radical (unpaired) electrons. The zero-order chi connectivity index (χ0) is 26.4. The summed E-state index contributed by atoms with van der Waals surface area (Å²) in [6, 6.07) is 11.8. The van der Waals surface area contributed by atoms with E-state index < -0.39 is 39.9 Å². The van der Waals surface area contributed by atoms with Crippen LogP contribution in [-0.4, -0.2) is 49.5 Å². The number of rotatable bonds is 10. The number of benzene rings is 2. The van der Waals surface area contributed by atoms with Gasteiger partial charge >= 0.3 is 0 Å². The number of nitrogens with zero attached hydrogens (tertiary/aromatic N) is 2. The van der Waals surface area contributed by atoms with Gasteiger partial charge < -0.3 is 10.2 Å². The zero-order valence-electron chi connectivity index (χ0n) is 21.3. The summed E-state index contributed by atoms with van der Waals surface area (Å²) in [6.07, 6.45) is 1.96. The van der Waals surface area contributed by atoms with Crippen molar-refractivity contribution in [1.82, 2.24) is 10.2 Å². The van der Waals surface area contributed by atoms with Gasteiger partial charge in [-0.25, -0.2) is 12.8 Å². The third-order valence-electron chi connectivity index (χ3n) is 5.47. The highest BCUT2D eigenvalue weighted by Gasteiger charge is 2.33. The fourth-order valence-corrected chi connectivity index (χ4v) is 4.69. The van der Waals surface area contributed by atoms with E-state index in [2.05, 4.69) is 5.32 Å². The van der Waals surface area contributed by atoms with E-state index in [1.807, 2.05) is 39.8 Å². The Hall–Kier alpha value is -2.94. The summed E-state index contributed by atoms with van der Waals surface area (Å²) >= 11 is 0. The summed E-state index contributed by atoms with van der Waals surface area (Å²) < 4.78 is 40.0. The maximum absolute atomic E-state index is 13.7. The van der Waals surface area contributed by atoms with Crippen LogP contribution in [0.4, 0.5) is 10.1 Å². The van der Waals surface area contributed by atoms with Crippen molar-refractivity contribution in [1.29, 1.82) is 0 Å². The molecule has 0 aliphatic heterocycles. The molecule has 2 aromatic carbocycles. The molecular weight excluding hydrogens is 469 g/mol. The number of carbonyl (C=O) groups excluding carboxylic acids is 2. The Morgan fingerprint density at radius 1 is 1.03 bits per heavy atom. The molecule has 0 bridgehead atoms. The smallest absolute Gasteiger partial charge is 0.244 e. The van der Waals surface area contributed by atoms with Crippen molar-refractivity contribution in [2.24, 2.45) is 0 Å². The van der Waals surface area contributed by atoms with E-state index >= 15 is 0 Å². The van der Waals surface area contributed by atoms with Gasteiger partial charge in [0.05, 0.1) is 11.9 Å². The normalized spacial score (nSPS) is 12.7. The van der Waals surface area contributed by atoms with Crippen LogP contribution in [0, 0.1) is 5.82 Å². The third kappa shape index (κ3) is 8.06. The average molecular weight is 506 g/mol. The molecule has 2 aromatic rings. The van der Waals surface area contributed by atoms with Crippen molar-refractivity contribution in [3.8, 4) is 0 Å². The predicted octanol–water partition coefficient (Wildman–Crippen LogP) is 3.88. The van der Waals surface area contributed by atoms with Crippen LogP contribution in [0.3, 0.4) is 0 Å². The van der Waals surface area contributed by atoms with E-state index in [0.29, 0.717) is 24.1 Å². The summed E-state index contributed by atoms with van der Waals surface area (Å²) in [5.41, 5.74) is 1.32. The predicted molar refractivity (Wildman–Crippen MR) is 137 cm³/mol. The Morgan fingerprint density at radius 2 is 1.63 bits per heavy atom. The van der Waals surface area contributed by atoms with Gasteiger partial charge in [0.25, 0.3) is 0 Å². The highest BCUT2D eigenvalue weighted by molar-refractivity contribution is 7.92. The van der Waals surface area contributed by atoms with Crippen molar-refractivity contribution in [2.75, 3.05) is 17.1 Å². The van der Waals surface area contributed by atoms with E-state index in [1.54, 1.807) is 31.2 Å². The molecule has 0 saturated heterocycles. The number of anilines is 1. The number of nitrogens with one attached hydrogen (secondary N) is 1. The highest BCUT2D eigenvalue weighted by Crippen LogP contribution is 2.24. The van der Waals surface area contributed by atoms with E-state index in [1.165, 1.54) is 17.0 Å². The fourth-order valence-electron chi connectivity index (χ4n) is 3.81. The topological polar surface area (TPSA) is 86.8 Å². The summed E-state index contributed by atoms with van der Waals surface area (Å²) in [5.74, 6) is -1.28. The van der Waals surface area contributed by atoms with Crippen LogP contribution >= 0.6 is 0 Å². The minimum Gasteiger partial charge on any atom is -0.350 e.